The Morgan fingerprint density at radius 1 is 1.05 bits per heavy atom. The summed E-state index contributed by atoms with van der Waals surface area (Å²) in [5.41, 5.74) is 0. The van der Waals surface area contributed by atoms with Gasteiger partial charge in [-0.15, -0.1) is 0 Å². The van der Waals surface area contributed by atoms with Gasteiger partial charge in [0.2, 0.25) is 11.8 Å². The fraction of sp³-hybridized carbons (Fsp3) is 0.882. The van der Waals surface area contributed by atoms with Gasteiger partial charge >= 0.3 is 0 Å². The van der Waals surface area contributed by atoms with Crippen LogP contribution < -0.4 is 5.32 Å². The van der Waals surface area contributed by atoms with Gasteiger partial charge in [0.25, 0.3) is 0 Å². The Labute approximate surface area is 134 Å². The van der Waals surface area contributed by atoms with Crippen LogP contribution in [0.4, 0.5) is 0 Å². The van der Waals surface area contributed by atoms with Crippen LogP contribution in [0.1, 0.15) is 46.5 Å². The smallest absolute Gasteiger partial charge is 0.234 e. The first-order valence-corrected chi connectivity index (χ1v) is 8.74. The lowest BCUT2D eigenvalue weighted by Crippen LogP contribution is -2.47. The van der Waals surface area contributed by atoms with E-state index in [0.717, 1.165) is 39.0 Å². The topological polar surface area (TPSA) is 52.7 Å². The summed E-state index contributed by atoms with van der Waals surface area (Å²) in [7, 11) is 0. The van der Waals surface area contributed by atoms with Gasteiger partial charge in [-0.2, -0.15) is 0 Å². The van der Waals surface area contributed by atoms with Crippen molar-refractivity contribution in [2.45, 2.75) is 52.5 Å². The van der Waals surface area contributed by atoms with Gasteiger partial charge in [0.15, 0.2) is 0 Å². The molecule has 0 aromatic heterocycles. The van der Waals surface area contributed by atoms with E-state index in [1.54, 1.807) is 6.92 Å². The molecule has 3 atom stereocenters. The molecule has 1 heterocycles. The molecule has 22 heavy (non-hydrogen) atoms. The summed E-state index contributed by atoms with van der Waals surface area (Å²) in [6.45, 7) is 9.86. The number of hydrogen-bond acceptors (Lipinski definition) is 3. The Balaban J connectivity index is 1.78. The Hall–Kier alpha value is -1.10. The van der Waals surface area contributed by atoms with Crippen molar-refractivity contribution in [2.75, 3.05) is 32.7 Å². The van der Waals surface area contributed by atoms with Crippen molar-refractivity contribution < 1.29 is 9.59 Å². The van der Waals surface area contributed by atoms with Crippen molar-refractivity contribution >= 4 is 11.8 Å². The SMILES string of the molecule is CC(=O)N1CCCN(CC(=O)NC2CCCC(C)C2C)CC1. The van der Waals surface area contributed by atoms with Gasteiger partial charge in [0, 0.05) is 39.1 Å². The van der Waals surface area contributed by atoms with E-state index in [1.165, 1.54) is 12.8 Å². The molecule has 2 amide bonds. The molecule has 1 saturated carbocycles. The Bertz CT molecular complexity index is 399. The van der Waals surface area contributed by atoms with Crippen molar-refractivity contribution in [3.8, 4) is 0 Å². The Morgan fingerprint density at radius 2 is 1.82 bits per heavy atom. The molecule has 1 aliphatic carbocycles. The average Bonchev–Trinajstić information content (AvgIpc) is 2.69. The second-order valence-electron chi connectivity index (χ2n) is 7.08. The van der Waals surface area contributed by atoms with Crippen LogP contribution in [0.2, 0.25) is 0 Å². The fourth-order valence-corrected chi connectivity index (χ4v) is 3.69. The van der Waals surface area contributed by atoms with E-state index in [-0.39, 0.29) is 11.8 Å². The van der Waals surface area contributed by atoms with Gasteiger partial charge in [0.1, 0.15) is 0 Å². The molecule has 3 unspecified atom stereocenters. The number of nitrogens with one attached hydrogen (secondary N) is 1. The highest BCUT2D eigenvalue weighted by Crippen LogP contribution is 2.29. The molecule has 2 aliphatic rings. The molecule has 1 aliphatic heterocycles. The molecule has 0 bridgehead atoms. The summed E-state index contributed by atoms with van der Waals surface area (Å²) in [5.74, 6) is 1.54. The highest BCUT2D eigenvalue weighted by molar-refractivity contribution is 5.78. The molecule has 5 heteroatoms. The van der Waals surface area contributed by atoms with Gasteiger partial charge in [-0.1, -0.05) is 26.7 Å². The molecule has 2 fully saturated rings. The quantitative estimate of drug-likeness (QED) is 0.859. The number of rotatable bonds is 3. The minimum absolute atomic E-state index is 0.135. The van der Waals surface area contributed by atoms with Crippen molar-refractivity contribution in [3.05, 3.63) is 0 Å². The van der Waals surface area contributed by atoms with E-state index in [9.17, 15) is 9.59 Å². The molecule has 1 saturated heterocycles. The largest absolute Gasteiger partial charge is 0.352 e. The van der Waals surface area contributed by atoms with Crippen LogP contribution in [0.25, 0.3) is 0 Å². The molecule has 0 spiro atoms. The van der Waals surface area contributed by atoms with Crippen molar-refractivity contribution in [1.82, 2.24) is 15.1 Å². The van der Waals surface area contributed by atoms with Crippen molar-refractivity contribution in [1.29, 1.82) is 0 Å². The number of amides is 2. The number of hydrogen-bond donors (Lipinski definition) is 1. The van der Waals surface area contributed by atoms with Gasteiger partial charge in [0.05, 0.1) is 6.54 Å². The third-order valence-electron chi connectivity index (χ3n) is 5.45. The normalized spacial score (nSPS) is 30.7. The van der Waals surface area contributed by atoms with Crippen LogP contribution in [0.3, 0.4) is 0 Å². The summed E-state index contributed by atoms with van der Waals surface area (Å²) in [5, 5.41) is 3.24. The number of carbonyl (C=O) groups excluding carboxylic acids is 2. The standard InChI is InChI=1S/C17H31N3O2/c1-13-6-4-7-16(14(13)2)18-17(22)12-19-8-5-9-20(11-10-19)15(3)21/h13-14,16H,4-12H2,1-3H3,(H,18,22). The number of carbonyl (C=O) groups is 2. The molecule has 2 rings (SSSR count). The lowest BCUT2D eigenvalue weighted by molar-refractivity contribution is -0.128. The maximum atomic E-state index is 12.3. The Morgan fingerprint density at radius 3 is 2.55 bits per heavy atom. The van der Waals surface area contributed by atoms with Crippen LogP contribution >= 0.6 is 0 Å². The van der Waals surface area contributed by atoms with E-state index in [1.807, 2.05) is 4.90 Å². The fourth-order valence-electron chi connectivity index (χ4n) is 3.69. The maximum Gasteiger partial charge on any atom is 0.234 e. The van der Waals surface area contributed by atoms with Gasteiger partial charge in [-0.25, -0.2) is 0 Å². The third-order valence-corrected chi connectivity index (χ3v) is 5.45. The average molecular weight is 309 g/mol. The highest BCUT2D eigenvalue weighted by Gasteiger charge is 2.28. The van der Waals surface area contributed by atoms with Gasteiger partial charge < -0.3 is 10.2 Å². The minimum Gasteiger partial charge on any atom is -0.352 e. The van der Waals surface area contributed by atoms with Crippen LogP contribution in [0, 0.1) is 11.8 Å². The van der Waals surface area contributed by atoms with Gasteiger partial charge in [-0.3, -0.25) is 14.5 Å². The zero-order valence-corrected chi connectivity index (χ0v) is 14.3. The van der Waals surface area contributed by atoms with E-state index in [4.69, 9.17) is 0 Å². The maximum absolute atomic E-state index is 12.3. The second kappa shape index (κ2) is 7.95. The zero-order valence-electron chi connectivity index (χ0n) is 14.3. The molecular weight excluding hydrogens is 278 g/mol. The van der Waals surface area contributed by atoms with Gasteiger partial charge in [-0.05, 0) is 24.7 Å². The van der Waals surface area contributed by atoms with Crippen LogP contribution in [-0.4, -0.2) is 60.4 Å². The molecular formula is C17H31N3O2. The Kier molecular flexibility index (Phi) is 6.24. The first-order chi connectivity index (χ1) is 10.5. The van der Waals surface area contributed by atoms with Crippen LogP contribution in [0.5, 0.6) is 0 Å². The lowest BCUT2D eigenvalue weighted by atomic mass is 9.78. The summed E-state index contributed by atoms with van der Waals surface area (Å²) >= 11 is 0. The lowest BCUT2D eigenvalue weighted by Gasteiger charge is -2.35. The molecule has 5 nitrogen and oxygen atoms in total. The highest BCUT2D eigenvalue weighted by atomic mass is 16.2. The zero-order chi connectivity index (χ0) is 16.1. The van der Waals surface area contributed by atoms with E-state index >= 15 is 0 Å². The van der Waals surface area contributed by atoms with Crippen molar-refractivity contribution in [2.24, 2.45) is 11.8 Å². The predicted molar refractivity (Wildman–Crippen MR) is 87.4 cm³/mol. The summed E-state index contributed by atoms with van der Waals surface area (Å²) < 4.78 is 0. The minimum atomic E-state index is 0.135. The van der Waals surface area contributed by atoms with Crippen LogP contribution in [0.15, 0.2) is 0 Å². The van der Waals surface area contributed by atoms with E-state index in [2.05, 4.69) is 24.1 Å². The molecule has 126 valence electrons. The molecule has 0 radical (unpaired) electrons. The summed E-state index contributed by atoms with van der Waals surface area (Å²) in [6, 6.07) is 0.331. The molecule has 0 aromatic carbocycles. The van der Waals surface area contributed by atoms with Crippen LogP contribution in [-0.2, 0) is 9.59 Å². The number of nitrogens with zero attached hydrogens (tertiary/aromatic N) is 2. The predicted octanol–water partition coefficient (Wildman–Crippen LogP) is 1.48. The first kappa shape index (κ1) is 17.3. The third kappa shape index (κ3) is 4.70. The van der Waals surface area contributed by atoms with E-state index in [0.29, 0.717) is 24.4 Å². The molecule has 1 N–H and O–H groups in total. The first-order valence-electron chi connectivity index (χ1n) is 8.74. The molecule has 0 aromatic rings. The monoisotopic (exact) mass is 309 g/mol. The van der Waals surface area contributed by atoms with Crippen molar-refractivity contribution in [3.63, 3.8) is 0 Å². The summed E-state index contributed by atoms with van der Waals surface area (Å²) in [6.07, 6.45) is 4.55. The summed E-state index contributed by atoms with van der Waals surface area (Å²) in [4.78, 5) is 27.8. The second-order valence-corrected chi connectivity index (χ2v) is 7.08. The van der Waals surface area contributed by atoms with E-state index < -0.39 is 0 Å².